The largest absolute Gasteiger partial charge is 0.493 e. The fourth-order valence-corrected chi connectivity index (χ4v) is 2.34. The Morgan fingerprint density at radius 1 is 1.20 bits per heavy atom. The number of hydrogen-bond acceptors (Lipinski definition) is 4. The van der Waals surface area contributed by atoms with E-state index in [0.29, 0.717) is 12.5 Å². The molecule has 114 valence electrons. The smallest absolute Gasteiger partial charge is 0.165 e. The van der Waals surface area contributed by atoms with Gasteiger partial charge in [-0.2, -0.15) is 0 Å². The molecule has 0 radical (unpaired) electrons. The Balaban J connectivity index is 2.99. The summed E-state index contributed by atoms with van der Waals surface area (Å²) in [6, 6.07) is 6.09. The van der Waals surface area contributed by atoms with E-state index in [1.165, 1.54) is 0 Å². The third-order valence-electron chi connectivity index (χ3n) is 3.61. The minimum absolute atomic E-state index is 0.138. The fourth-order valence-electron chi connectivity index (χ4n) is 2.34. The number of hydrogen-bond donors (Lipinski definition) is 1. The molecule has 1 atom stereocenters. The molecule has 0 heterocycles. The lowest BCUT2D eigenvalue weighted by Crippen LogP contribution is -2.32. The summed E-state index contributed by atoms with van der Waals surface area (Å²) in [7, 11) is 5.43. The number of nitrogens with zero attached hydrogens (tertiary/aromatic N) is 1. The lowest BCUT2D eigenvalue weighted by molar-refractivity contribution is 0.229. The van der Waals surface area contributed by atoms with E-state index >= 15 is 0 Å². The van der Waals surface area contributed by atoms with Gasteiger partial charge in [0.05, 0.1) is 20.3 Å². The average molecular weight is 280 g/mol. The van der Waals surface area contributed by atoms with Gasteiger partial charge < -0.3 is 15.2 Å². The van der Waals surface area contributed by atoms with Crippen LogP contribution in [0, 0.1) is 5.92 Å². The van der Waals surface area contributed by atoms with E-state index in [9.17, 15) is 0 Å². The van der Waals surface area contributed by atoms with E-state index in [-0.39, 0.29) is 6.04 Å². The lowest BCUT2D eigenvalue weighted by atomic mass is 10.0. The van der Waals surface area contributed by atoms with Crippen molar-refractivity contribution in [3.63, 3.8) is 0 Å². The molecule has 20 heavy (non-hydrogen) atoms. The summed E-state index contributed by atoms with van der Waals surface area (Å²) < 4.78 is 10.9. The standard InChI is InChI=1S/C16H28N2O2/c1-12(2)9-10-18(3)14(11-17)13-7-6-8-15(19-4)16(13)20-5/h6-8,12,14H,9-11,17H2,1-5H3. The van der Waals surface area contributed by atoms with Gasteiger partial charge in [-0.15, -0.1) is 0 Å². The maximum absolute atomic E-state index is 5.99. The summed E-state index contributed by atoms with van der Waals surface area (Å²) >= 11 is 0. The highest BCUT2D eigenvalue weighted by Crippen LogP contribution is 2.36. The van der Waals surface area contributed by atoms with Crippen molar-refractivity contribution in [2.75, 3.05) is 34.4 Å². The topological polar surface area (TPSA) is 47.7 Å². The summed E-state index contributed by atoms with van der Waals surface area (Å²) in [6.07, 6.45) is 1.15. The van der Waals surface area contributed by atoms with Gasteiger partial charge in [0.1, 0.15) is 0 Å². The Labute approximate surface area is 122 Å². The molecule has 2 N–H and O–H groups in total. The van der Waals surface area contributed by atoms with Gasteiger partial charge in [0.15, 0.2) is 11.5 Å². The molecular formula is C16H28N2O2. The molecule has 0 spiro atoms. The zero-order valence-corrected chi connectivity index (χ0v) is 13.3. The van der Waals surface area contributed by atoms with Crippen LogP contribution in [-0.2, 0) is 0 Å². The van der Waals surface area contributed by atoms with Crippen molar-refractivity contribution < 1.29 is 9.47 Å². The maximum atomic E-state index is 5.99. The molecule has 0 fully saturated rings. The normalized spacial score (nSPS) is 12.8. The number of ether oxygens (including phenoxy) is 2. The Morgan fingerprint density at radius 3 is 2.40 bits per heavy atom. The highest BCUT2D eigenvalue weighted by molar-refractivity contribution is 5.48. The van der Waals surface area contributed by atoms with Gasteiger partial charge in [-0.25, -0.2) is 0 Å². The van der Waals surface area contributed by atoms with Gasteiger partial charge in [-0.05, 0) is 32.0 Å². The van der Waals surface area contributed by atoms with E-state index in [1.807, 2.05) is 12.1 Å². The van der Waals surface area contributed by atoms with Crippen LogP contribution in [0.4, 0.5) is 0 Å². The third kappa shape index (κ3) is 4.12. The van der Waals surface area contributed by atoms with E-state index in [0.717, 1.165) is 30.0 Å². The summed E-state index contributed by atoms with van der Waals surface area (Å²) in [6.45, 7) is 6.03. The third-order valence-corrected chi connectivity index (χ3v) is 3.61. The van der Waals surface area contributed by atoms with Crippen molar-refractivity contribution in [1.29, 1.82) is 0 Å². The molecule has 0 aliphatic rings. The molecule has 1 aromatic carbocycles. The van der Waals surface area contributed by atoms with Crippen molar-refractivity contribution in [3.8, 4) is 11.5 Å². The second-order valence-corrected chi connectivity index (χ2v) is 5.50. The fraction of sp³-hybridized carbons (Fsp3) is 0.625. The van der Waals surface area contributed by atoms with Crippen molar-refractivity contribution in [2.45, 2.75) is 26.3 Å². The molecule has 0 aromatic heterocycles. The SMILES string of the molecule is COc1cccc(C(CN)N(C)CCC(C)C)c1OC. The number of likely N-dealkylation sites (N-methyl/N-ethyl adjacent to an activating group) is 1. The first-order valence-electron chi connectivity index (χ1n) is 7.16. The monoisotopic (exact) mass is 280 g/mol. The molecular weight excluding hydrogens is 252 g/mol. The van der Waals surface area contributed by atoms with Crippen LogP contribution in [0.25, 0.3) is 0 Å². The van der Waals surface area contributed by atoms with E-state index in [4.69, 9.17) is 15.2 Å². The number of para-hydroxylation sites is 1. The summed E-state index contributed by atoms with van der Waals surface area (Å²) in [5, 5.41) is 0. The number of rotatable bonds is 8. The molecule has 0 bridgehead atoms. The first kappa shape index (κ1) is 16.8. The van der Waals surface area contributed by atoms with Gasteiger partial charge >= 0.3 is 0 Å². The Kier molecular flexibility index (Phi) is 6.82. The van der Waals surface area contributed by atoms with Crippen LogP contribution < -0.4 is 15.2 Å². The Morgan fingerprint density at radius 2 is 1.90 bits per heavy atom. The van der Waals surface area contributed by atoms with E-state index in [1.54, 1.807) is 14.2 Å². The first-order valence-corrected chi connectivity index (χ1v) is 7.16. The van der Waals surface area contributed by atoms with Crippen LogP contribution in [0.2, 0.25) is 0 Å². The maximum Gasteiger partial charge on any atom is 0.165 e. The van der Waals surface area contributed by atoms with Crippen LogP contribution in [0.1, 0.15) is 31.9 Å². The molecule has 0 amide bonds. The Bertz CT molecular complexity index is 407. The van der Waals surface area contributed by atoms with Crippen molar-refractivity contribution in [3.05, 3.63) is 23.8 Å². The summed E-state index contributed by atoms with van der Waals surface area (Å²) in [4.78, 5) is 2.29. The van der Waals surface area contributed by atoms with Crippen LogP contribution in [0.5, 0.6) is 11.5 Å². The minimum atomic E-state index is 0.138. The molecule has 0 saturated heterocycles. The van der Waals surface area contributed by atoms with Crippen LogP contribution in [0.15, 0.2) is 18.2 Å². The minimum Gasteiger partial charge on any atom is -0.493 e. The quantitative estimate of drug-likeness (QED) is 0.795. The van der Waals surface area contributed by atoms with Crippen LogP contribution in [0.3, 0.4) is 0 Å². The second kappa shape index (κ2) is 8.12. The van der Waals surface area contributed by atoms with Crippen LogP contribution in [-0.4, -0.2) is 39.3 Å². The van der Waals surface area contributed by atoms with Crippen molar-refractivity contribution in [1.82, 2.24) is 4.90 Å². The lowest BCUT2D eigenvalue weighted by Gasteiger charge is -2.29. The van der Waals surface area contributed by atoms with Crippen molar-refractivity contribution in [2.24, 2.45) is 11.7 Å². The van der Waals surface area contributed by atoms with Gasteiger partial charge in [-0.1, -0.05) is 26.0 Å². The molecule has 1 unspecified atom stereocenters. The van der Waals surface area contributed by atoms with Gasteiger partial charge in [0.25, 0.3) is 0 Å². The summed E-state index contributed by atoms with van der Waals surface area (Å²) in [5.74, 6) is 2.21. The predicted molar refractivity (Wildman–Crippen MR) is 83.4 cm³/mol. The summed E-state index contributed by atoms with van der Waals surface area (Å²) in [5.41, 5.74) is 7.07. The van der Waals surface area contributed by atoms with Gasteiger partial charge in [-0.3, -0.25) is 4.90 Å². The number of nitrogens with two attached hydrogens (primary N) is 1. The van der Waals surface area contributed by atoms with Gasteiger partial charge in [0.2, 0.25) is 0 Å². The average Bonchev–Trinajstić information content (AvgIpc) is 2.45. The number of benzene rings is 1. The molecule has 4 nitrogen and oxygen atoms in total. The Hall–Kier alpha value is -1.26. The molecule has 0 saturated carbocycles. The van der Waals surface area contributed by atoms with Gasteiger partial charge in [0, 0.05) is 12.1 Å². The number of methoxy groups -OCH3 is 2. The highest BCUT2D eigenvalue weighted by Gasteiger charge is 2.21. The molecule has 1 aromatic rings. The highest BCUT2D eigenvalue weighted by atomic mass is 16.5. The van der Waals surface area contributed by atoms with Crippen LogP contribution >= 0.6 is 0 Å². The molecule has 4 heteroatoms. The molecule has 0 aliphatic heterocycles. The first-order chi connectivity index (χ1) is 9.54. The zero-order chi connectivity index (χ0) is 15.1. The van der Waals surface area contributed by atoms with E-state index in [2.05, 4.69) is 31.9 Å². The predicted octanol–water partition coefficient (Wildman–Crippen LogP) is 2.68. The zero-order valence-electron chi connectivity index (χ0n) is 13.3. The van der Waals surface area contributed by atoms with E-state index < -0.39 is 0 Å². The second-order valence-electron chi connectivity index (χ2n) is 5.50. The molecule has 1 rings (SSSR count). The molecule has 0 aliphatic carbocycles. The van der Waals surface area contributed by atoms with Crippen molar-refractivity contribution >= 4 is 0 Å².